The minimum Gasteiger partial charge on any atom is -0.497 e. The van der Waals surface area contributed by atoms with E-state index in [4.69, 9.17) is 9.72 Å². The zero-order chi connectivity index (χ0) is 15.6. The second kappa shape index (κ2) is 5.92. The summed E-state index contributed by atoms with van der Waals surface area (Å²) in [6.45, 7) is 2.20. The van der Waals surface area contributed by atoms with Crippen molar-refractivity contribution < 1.29 is 4.74 Å². The van der Waals surface area contributed by atoms with Crippen LogP contribution < -0.4 is 9.64 Å². The van der Waals surface area contributed by atoms with Crippen molar-refractivity contribution >= 4 is 16.7 Å². The Labute approximate surface area is 136 Å². The number of anilines is 1. The molecule has 1 aliphatic rings. The molecule has 2 heterocycles. The Morgan fingerprint density at radius 2 is 1.74 bits per heavy atom. The summed E-state index contributed by atoms with van der Waals surface area (Å²) in [7, 11) is 1.70. The summed E-state index contributed by atoms with van der Waals surface area (Å²) >= 11 is 0. The fraction of sp³-hybridized carbons (Fsp3) is 0.250. The third-order valence-corrected chi connectivity index (χ3v) is 4.52. The van der Waals surface area contributed by atoms with E-state index < -0.39 is 0 Å². The van der Waals surface area contributed by atoms with Crippen LogP contribution in [0.5, 0.6) is 5.75 Å². The number of methoxy groups -OCH3 is 1. The summed E-state index contributed by atoms with van der Waals surface area (Å²) in [6, 6.07) is 18.9. The molecule has 1 aliphatic heterocycles. The zero-order valence-electron chi connectivity index (χ0n) is 13.3. The number of fused-ring (bicyclic) bond motifs is 1. The summed E-state index contributed by atoms with van der Waals surface area (Å²) in [5.41, 5.74) is 3.46. The van der Waals surface area contributed by atoms with Crippen LogP contribution in [0.1, 0.15) is 12.8 Å². The lowest BCUT2D eigenvalue weighted by Crippen LogP contribution is -2.19. The van der Waals surface area contributed by atoms with E-state index in [1.54, 1.807) is 7.11 Å². The van der Waals surface area contributed by atoms with Gasteiger partial charge in [0.25, 0.3) is 0 Å². The molecule has 0 unspecified atom stereocenters. The SMILES string of the molecule is COc1ccc2nc(N3CCCC3)cc(-c3ccccc3)c2c1. The molecule has 0 aliphatic carbocycles. The predicted octanol–water partition coefficient (Wildman–Crippen LogP) is 4.51. The molecule has 3 aromatic rings. The molecule has 0 spiro atoms. The maximum absolute atomic E-state index is 5.41. The number of hydrogen-bond donors (Lipinski definition) is 0. The van der Waals surface area contributed by atoms with E-state index >= 15 is 0 Å². The molecule has 2 aromatic carbocycles. The maximum atomic E-state index is 5.41. The third kappa shape index (κ3) is 2.63. The first kappa shape index (κ1) is 14.1. The standard InChI is InChI=1S/C20H20N2O/c1-23-16-9-10-19-18(13-16)17(15-7-3-2-4-8-15)14-20(21-19)22-11-5-6-12-22/h2-4,7-10,13-14H,5-6,11-12H2,1H3. The van der Waals surface area contributed by atoms with E-state index in [-0.39, 0.29) is 0 Å². The van der Waals surface area contributed by atoms with Crippen molar-refractivity contribution in [1.82, 2.24) is 4.98 Å². The van der Waals surface area contributed by atoms with Crippen LogP contribution in [0.25, 0.3) is 22.0 Å². The molecule has 0 atom stereocenters. The summed E-state index contributed by atoms with van der Waals surface area (Å²) in [5.74, 6) is 1.95. The largest absolute Gasteiger partial charge is 0.497 e. The molecule has 4 rings (SSSR count). The minimum absolute atomic E-state index is 0.866. The van der Waals surface area contributed by atoms with E-state index in [9.17, 15) is 0 Å². The fourth-order valence-electron chi connectivity index (χ4n) is 3.28. The average molecular weight is 304 g/mol. The molecule has 0 saturated carbocycles. The van der Waals surface area contributed by atoms with Crippen LogP contribution in [0, 0.1) is 0 Å². The first-order chi connectivity index (χ1) is 11.3. The molecular formula is C20H20N2O. The van der Waals surface area contributed by atoms with Crippen LogP contribution in [-0.2, 0) is 0 Å². The molecule has 0 bridgehead atoms. The average Bonchev–Trinajstić information content (AvgIpc) is 3.16. The van der Waals surface area contributed by atoms with Gasteiger partial charge in [-0.15, -0.1) is 0 Å². The van der Waals surface area contributed by atoms with Crippen LogP contribution in [0.3, 0.4) is 0 Å². The third-order valence-electron chi connectivity index (χ3n) is 4.52. The number of nitrogens with zero attached hydrogens (tertiary/aromatic N) is 2. The number of rotatable bonds is 3. The van der Waals surface area contributed by atoms with Crippen LogP contribution in [0.4, 0.5) is 5.82 Å². The predicted molar refractivity (Wildman–Crippen MR) is 95.2 cm³/mol. The first-order valence-electron chi connectivity index (χ1n) is 8.14. The highest BCUT2D eigenvalue weighted by molar-refractivity contribution is 5.97. The second-order valence-electron chi connectivity index (χ2n) is 5.97. The van der Waals surface area contributed by atoms with Gasteiger partial charge < -0.3 is 9.64 Å². The molecule has 0 radical (unpaired) electrons. The lowest BCUT2D eigenvalue weighted by molar-refractivity contribution is 0.415. The molecule has 0 amide bonds. The lowest BCUT2D eigenvalue weighted by atomic mass is 10.0. The molecule has 3 nitrogen and oxygen atoms in total. The van der Waals surface area contributed by atoms with E-state index in [1.807, 2.05) is 6.07 Å². The summed E-state index contributed by atoms with van der Waals surface area (Å²) in [4.78, 5) is 7.27. The smallest absolute Gasteiger partial charge is 0.129 e. The Bertz CT molecular complexity index is 824. The Morgan fingerprint density at radius 3 is 2.48 bits per heavy atom. The number of aromatic nitrogens is 1. The monoisotopic (exact) mass is 304 g/mol. The number of benzene rings is 2. The number of pyridine rings is 1. The van der Waals surface area contributed by atoms with Gasteiger partial charge in [0.05, 0.1) is 12.6 Å². The van der Waals surface area contributed by atoms with Gasteiger partial charge in [-0.2, -0.15) is 0 Å². The molecule has 3 heteroatoms. The van der Waals surface area contributed by atoms with Crippen molar-refractivity contribution in [2.45, 2.75) is 12.8 Å². The zero-order valence-corrected chi connectivity index (χ0v) is 13.3. The normalized spacial score (nSPS) is 14.4. The Kier molecular flexibility index (Phi) is 3.62. The van der Waals surface area contributed by atoms with Gasteiger partial charge in [-0.25, -0.2) is 4.98 Å². The van der Waals surface area contributed by atoms with Crippen LogP contribution >= 0.6 is 0 Å². The van der Waals surface area contributed by atoms with Gasteiger partial charge in [0.15, 0.2) is 0 Å². The number of ether oxygens (including phenoxy) is 1. The molecule has 1 aromatic heterocycles. The summed E-state index contributed by atoms with van der Waals surface area (Å²) < 4.78 is 5.41. The highest BCUT2D eigenvalue weighted by Crippen LogP contribution is 2.34. The van der Waals surface area contributed by atoms with E-state index in [1.165, 1.54) is 24.0 Å². The molecule has 23 heavy (non-hydrogen) atoms. The van der Waals surface area contributed by atoms with Gasteiger partial charge in [0.2, 0.25) is 0 Å². The Hall–Kier alpha value is -2.55. The van der Waals surface area contributed by atoms with Crippen molar-refractivity contribution in [3.8, 4) is 16.9 Å². The Morgan fingerprint density at radius 1 is 0.957 bits per heavy atom. The highest BCUT2D eigenvalue weighted by Gasteiger charge is 2.16. The van der Waals surface area contributed by atoms with Crippen molar-refractivity contribution in [3.63, 3.8) is 0 Å². The Balaban J connectivity index is 1.95. The van der Waals surface area contributed by atoms with E-state index in [0.717, 1.165) is 35.6 Å². The molecule has 1 fully saturated rings. The maximum Gasteiger partial charge on any atom is 0.129 e. The van der Waals surface area contributed by atoms with Gasteiger partial charge in [0.1, 0.15) is 11.6 Å². The van der Waals surface area contributed by atoms with Crippen molar-refractivity contribution in [2.75, 3.05) is 25.1 Å². The summed E-state index contributed by atoms with van der Waals surface area (Å²) in [6.07, 6.45) is 2.51. The van der Waals surface area contributed by atoms with Gasteiger partial charge in [-0.1, -0.05) is 30.3 Å². The highest BCUT2D eigenvalue weighted by atomic mass is 16.5. The van der Waals surface area contributed by atoms with Gasteiger partial charge in [-0.05, 0) is 48.2 Å². The summed E-state index contributed by atoms with van der Waals surface area (Å²) in [5, 5.41) is 1.14. The molecule has 1 saturated heterocycles. The van der Waals surface area contributed by atoms with Crippen LogP contribution in [0.15, 0.2) is 54.6 Å². The minimum atomic E-state index is 0.866. The lowest BCUT2D eigenvalue weighted by Gasteiger charge is -2.19. The molecule has 0 N–H and O–H groups in total. The van der Waals surface area contributed by atoms with E-state index in [0.29, 0.717) is 0 Å². The van der Waals surface area contributed by atoms with Gasteiger partial charge in [-0.3, -0.25) is 0 Å². The topological polar surface area (TPSA) is 25.4 Å². The second-order valence-corrected chi connectivity index (χ2v) is 5.97. The quantitative estimate of drug-likeness (QED) is 0.712. The van der Waals surface area contributed by atoms with Crippen molar-refractivity contribution in [3.05, 3.63) is 54.6 Å². The van der Waals surface area contributed by atoms with Gasteiger partial charge >= 0.3 is 0 Å². The van der Waals surface area contributed by atoms with E-state index in [2.05, 4.69) is 53.4 Å². The molecule has 116 valence electrons. The van der Waals surface area contributed by atoms with Gasteiger partial charge in [0, 0.05) is 18.5 Å². The van der Waals surface area contributed by atoms with Crippen LogP contribution in [0.2, 0.25) is 0 Å². The van der Waals surface area contributed by atoms with Crippen LogP contribution in [-0.4, -0.2) is 25.2 Å². The van der Waals surface area contributed by atoms with Crippen molar-refractivity contribution in [1.29, 1.82) is 0 Å². The number of hydrogen-bond acceptors (Lipinski definition) is 3. The first-order valence-corrected chi connectivity index (χ1v) is 8.14. The molecular weight excluding hydrogens is 284 g/mol. The van der Waals surface area contributed by atoms with Crippen molar-refractivity contribution in [2.24, 2.45) is 0 Å². The fourth-order valence-corrected chi connectivity index (χ4v) is 3.28.